The Hall–Kier alpha value is -3.09. The van der Waals surface area contributed by atoms with E-state index >= 15 is 0 Å². The molecule has 7 heteroatoms. The van der Waals surface area contributed by atoms with Crippen molar-refractivity contribution in [2.45, 2.75) is 33.7 Å². The largest absolute Gasteiger partial charge is 0.486 e. The van der Waals surface area contributed by atoms with Crippen molar-refractivity contribution in [1.82, 2.24) is 15.5 Å². The number of fused-ring (bicyclic) bond motifs is 2. The molecule has 28 heavy (non-hydrogen) atoms. The molecule has 0 radical (unpaired) electrons. The number of amides is 1. The molecule has 1 aromatic carbocycles. The molecule has 0 unspecified atom stereocenters. The number of hydrogen-bond acceptors (Lipinski definition) is 6. The second kappa shape index (κ2) is 7.14. The van der Waals surface area contributed by atoms with Crippen LogP contribution < -0.4 is 14.8 Å². The highest BCUT2D eigenvalue weighted by Crippen LogP contribution is 2.34. The van der Waals surface area contributed by atoms with Crippen LogP contribution in [0.5, 0.6) is 11.5 Å². The number of carbonyl (C=O) groups excluding carboxylic acids is 1. The molecule has 146 valence electrons. The van der Waals surface area contributed by atoms with Gasteiger partial charge in [-0.05, 0) is 43.5 Å². The van der Waals surface area contributed by atoms with Gasteiger partial charge < -0.3 is 19.3 Å². The summed E-state index contributed by atoms with van der Waals surface area (Å²) in [6.45, 7) is 8.84. The Morgan fingerprint density at radius 1 is 1.11 bits per heavy atom. The highest BCUT2D eigenvalue weighted by Gasteiger charge is 2.24. The first-order valence-corrected chi connectivity index (χ1v) is 9.38. The highest BCUT2D eigenvalue weighted by molar-refractivity contribution is 6.06. The van der Waals surface area contributed by atoms with E-state index in [0.29, 0.717) is 47.0 Å². The molecule has 3 heterocycles. The van der Waals surface area contributed by atoms with Gasteiger partial charge in [-0.25, -0.2) is 4.98 Å². The van der Waals surface area contributed by atoms with Gasteiger partial charge in [0.05, 0.1) is 22.7 Å². The first-order chi connectivity index (χ1) is 13.4. The number of rotatable bonds is 4. The smallest absolute Gasteiger partial charge is 0.258 e. The van der Waals surface area contributed by atoms with Crippen molar-refractivity contribution >= 4 is 17.0 Å². The molecule has 2 aromatic heterocycles. The summed E-state index contributed by atoms with van der Waals surface area (Å²) in [6, 6.07) is 7.38. The summed E-state index contributed by atoms with van der Waals surface area (Å²) in [5, 5.41) is 7.76. The summed E-state index contributed by atoms with van der Waals surface area (Å²) in [4.78, 5) is 17.5. The normalized spacial score (nSPS) is 14.3. The van der Waals surface area contributed by atoms with Crippen LogP contribution in [0.15, 0.2) is 28.8 Å². The third kappa shape index (κ3) is 3.28. The molecule has 0 fully saturated rings. The molecule has 0 aliphatic carbocycles. The van der Waals surface area contributed by atoms with Crippen LogP contribution in [0.4, 0.5) is 0 Å². The van der Waals surface area contributed by atoms with E-state index in [9.17, 15) is 4.79 Å². The maximum Gasteiger partial charge on any atom is 0.258 e. The van der Waals surface area contributed by atoms with E-state index in [1.165, 1.54) is 0 Å². The average molecular weight is 381 g/mol. The summed E-state index contributed by atoms with van der Waals surface area (Å²) in [5.41, 5.74) is 3.21. The van der Waals surface area contributed by atoms with Gasteiger partial charge in [0.25, 0.3) is 11.6 Å². The monoisotopic (exact) mass is 381 g/mol. The molecule has 1 aliphatic rings. The molecule has 1 amide bonds. The van der Waals surface area contributed by atoms with Crippen LogP contribution in [0.1, 0.15) is 47.2 Å². The number of carbonyl (C=O) groups is 1. The summed E-state index contributed by atoms with van der Waals surface area (Å²) in [7, 11) is 0. The van der Waals surface area contributed by atoms with Crippen molar-refractivity contribution in [2.24, 2.45) is 5.92 Å². The van der Waals surface area contributed by atoms with Gasteiger partial charge in [-0.2, -0.15) is 0 Å². The number of ether oxygens (including phenoxy) is 2. The third-order valence-corrected chi connectivity index (χ3v) is 4.87. The highest BCUT2D eigenvalue weighted by atomic mass is 16.6. The topological polar surface area (TPSA) is 86.5 Å². The van der Waals surface area contributed by atoms with Crippen LogP contribution in [0.3, 0.4) is 0 Å². The number of pyridine rings is 1. The second-order valence-electron chi connectivity index (χ2n) is 7.36. The predicted octanol–water partition coefficient (Wildman–Crippen LogP) is 3.74. The van der Waals surface area contributed by atoms with Crippen molar-refractivity contribution in [3.05, 3.63) is 46.8 Å². The van der Waals surface area contributed by atoms with E-state index in [4.69, 9.17) is 14.0 Å². The maximum absolute atomic E-state index is 13.2. The van der Waals surface area contributed by atoms with Crippen molar-refractivity contribution < 1.29 is 18.8 Å². The van der Waals surface area contributed by atoms with Crippen molar-refractivity contribution in [2.75, 3.05) is 13.2 Å². The fourth-order valence-corrected chi connectivity index (χ4v) is 3.50. The molecular formula is C21H23N3O4. The van der Waals surface area contributed by atoms with Gasteiger partial charge in [0.1, 0.15) is 13.2 Å². The Morgan fingerprint density at radius 3 is 2.61 bits per heavy atom. The third-order valence-electron chi connectivity index (χ3n) is 4.87. The lowest BCUT2D eigenvalue weighted by Crippen LogP contribution is -2.32. The molecule has 1 aliphatic heterocycles. The number of aromatic nitrogens is 2. The van der Waals surface area contributed by atoms with Gasteiger partial charge >= 0.3 is 0 Å². The number of nitrogens with zero attached hydrogens (tertiary/aromatic N) is 2. The zero-order chi connectivity index (χ0) is 19.8. The number of benzene rings is 1. The molecule has 1 atom stereocenters. The lowest BCUT2D eigenvalue weighted by molar-refractivity contribution is 0.0926. The van der Waals surface area contributed by atoms with Gasteiger partial charge in [-0.1, -0.05) is 25.1 Å². The van der Waals surface area contributed by atoms with Crippen molar-refractivity contribution in [3.63, 3.8) is 0 Å². The fourth-order valence-electron chi connectivity index (χ4n) is 3.50. The van der Waals surface area contributed by atoms with E-state index in [1.807, 2.05) is 25.1 Å². The molecule has 0 spiro atoms. The Labute approximate surface area is 163 Å². The van der Waals surface area contributed by atoms with Crippen LogP contribution in [-0.4, -0.2) is 29.3 Å². The molecule has 0 saturated carbocycles. The van der Waals surface area contributed by atoms with Gasteiger partial charge in [-0.15, -0.1) is 0 Å². The molecule has 0 saturated heterocycles. The van der Waals surface area contributed by atoms with E-state index in [1.54, 1.807) is 13.0 Å². The van der Waals surface area contributed by atoms with E-state index in [-0.39, 0.29) is 17.9 Å². The van der Waals surface area contributed by atoms with Crippen LogP contribution in [0.2, 0.25) is 0 Å². The average Bonchev–Trinajstić information content (AvgIpc) is 3.05. The minimum Gasteiger partial charge on any atom is -0.486 e. The van der Waals surface area contributed by atoms with Crippen LogP contribution >= 0.6 is 0 Å². The number of nitrogens with one attached hydrogen (secondary N) is 1. The Kier molecular flexibility index (Phi) is 4.66. The molecule has 7 nitrogen and oxygen atoms in total. The minimum atomic E-state index is -0.188. The lowest BCUT2D eigenvalue weighted by atomic mass is 9.95. The molecule has 0 bridgehead atoms. The SMILES string of the molecule is Cc1cc(C(=O)N[C@H](c2ccc3c(c2)OCCO3)C(C)C)c2c(C)noc2n1. The quantitative estimate of drug-likeness (QED) is 0.741. The van der Waals surface area contributed by atoms with Gasteiger partial charge in [0.2, 0.25) is 0 Å². The van der Waals surface area contributed by atoms with Crippen LogP contribution in [-0.2, 0) is 0 Å². The first-order valence-electron chi connectivity index (χ1n) is 9.38. The van der Waals surface area contributed by atoms with E-state index in [2.05, 4.69) is 29.3 Å². The zero-order valence-corrected chi connectivity index (χ0v) is 16.4. The fraction of sp³-hybridized carbons (Fsp3) is 0.381. The summed E-state index contributed by atoms with van der Waals surface area (Å²) in [6.07, 6.45) is 0. The zero-order valence-electron chi connectivity index (χ0n) is 16.4. The molecular weight excluding hydrogens is 358 g/mol. The Morgan fingerprint density at radius 2 is 1.86 bits per heavy atom. The minimum absolute atomic E-state index is 0.175. The Balaban J connectivity index is 1.68. The Bertz CT molecular complexity index is 1040. The summed E-state index contributed by atoms with van der Waals surface area (Å²) in [5.74, 6) is 1.43. The van der Waals surface area contributed by atoms with Gasteiger partial charge in [-0.3, -0.25) is 4.79 Å². The number of hydrogen-bond donors (Lipinski definition) is 1. The van der Waals surface area contributed by atoms with Gasteiger partial charge in [0, 0.05) is 5.69 Å². The predicted molar refractivity (Wildman–Crippen MR) is 104 cm³/mol. The molecule has 4 rings (SSSR count). The van der Waals surface area contributed by atoms with Crippen LogP contribution in [0, 0.1) is 19.8 Å². The van der Waals surface area contributed by atoms with E-state index < -0.39 is 0 Å². The summed E-state index contributed by atoms with van der Waals surface area (Å²) < 4.78 is 16.5. The number of aryl methyl sites for hydroxylation is 2. The van der Waals surface area contributed by atoms with Gasteiger partial charge in [0.15, 0.2) is 11.5 Å². The second-order valence-corrected chi connectivity index (χ2v) is 7.36. The lowest BCUT2D eigenvalue weighted by Gasteiger charge is -2.25. The molecule has 3 aromatic rings. The summed E-state index contributed by atoms with van der Waals surface area (Å²) >= 11 is 0. The first kappa shape index (κ1) is 18.3. The van der Waals surface area contributed by atoms with Crippen molar-refractivity contribution in [3.8, 4) is 11.5 Å². The molecule has 1 N–H and O–H groups in total. The standard InChI is InChI=1S/C21H23N3O4/c1-11(2)19(14-5-6-16-17(10-14)27-8-7-26-16)23-20(25)15-9-12(3)22-21-18(15)13(4)24-28-21/h5-6,9-11,19H,7-8H2,1-4H3,(H,23,25)/t19-/m0/s1. The maximum atomic E-state index is 13.2. The van der Waals surface area contributed by atoms with Crippen LogP contribution in [0.25, 0.3) is 11.1 Å². The van der Waals surface area contributed by atoms with Crippen molar-refractivity contribution in [1.29, 1.82) is 0 Å². The van der Waals surface area contributed by atoms with E-state index in [0.717, 1.165) is 11.3 Å².